The van der Waals surface area contributed by atoms with Crippen molar-refractivity contribution in [3.8, 4) is 0 Å². The number of carbonyl (C=O) groups is 1. The van der Waals surface area contributed by atoms with E-state index in [4.69, 9.17) is 5.73 Å². The summed E-state index contributed by atoms with van der Waals surface area (Å²) in [5.74, 6) is 0.856. The first-order valence-corrected chi connectivity index (χ1v) is 10.8. The van der Waals surface area contributed by atoms with Gasteiger partial charge >= 0.3 is 0 Å². The van der Waals surface area contributed by atoms with E-state index in [0.717, 1.165) is 36.3 Å². The molecule has 8 nitrogen and oxygen atoms in total. The number of benzene rings is 1. The molecule has 2 aliphatic heterocycles. The zero-order valence-electron chi connectivity index (χ0n) is 14.9. The van der Waals surface area contributed by atoms with E-state index < -0.39 is 0 Å². The lowest BCUT2D eigenvalue weighted by Crippen LogP contribution is -2.67. The fourth-order valence-electron chi connectivity index (χ4n) is 3.39. The summed E-state index contributed by atoms with van der Waals surface area (Å²) in [7, 11) is 0. The van der Waals surface area contributed by atoms with Crippen LogP contribution in [0.5, 0.6) is 0 Å². The van der Waals surface area contributed by atoms with Crippen LogP contribution in [0.25, 0.3) is 0 Å². The Morgan fingerprint density at radius 2 is 1.96 bits per heavy atom. The molecule has 144 valence electrons. The molecule has 1 amide bonds. The van der Waals surface area contributed by atoms with E-state index in [0.29, 0.717) is 11.6 Å². The van der Waals surface area contributed by atoms with Crippen molar-refractivity contribution in [3.63, 3.8) is 0 Å². The van der Waals surface area contributed by atoms with Gasteiger partial charge in [0.15, 0.2) is 4.34 Å². The normalized spacial score (nSPS) is 24.0. The van der Waals surface area contributed by atoms with Crippen molar-refractivity contribution in [3.05, 3.63) is 30.3 Å². The average Bonchev–Trinajstić information content (AvgIpc) is 3.12. The predicted octanol–water partition coefficient (Wildman–Crippen LogP) is 0.796. The molecule has 2 fully saturated rings. The van der Waals surface area contributed by atoms with Gasteiger partial charge in [-0.05, 0) is 12.1 Å². The van der Waals surface area contributed by atoms with Gasteiger partial charge < -0.3 is 16.0 Å². The van der Waals surface area contributed by atoms with Gasteiger partial charge in [-0.1, -0.05) is 41.3 Å². The summed E-state index contributed by atoms with van der Waals surface area (Å²) in [6.45, 7) is 3.70. The summed E-state index contributed by atoms with van der Waals surface area (Å²) >= 11 is 2.97. The number of nitrogens with zero attached hydrogens (tertiary/aromatic N) is 4. The van der Waals surface area contributed by atoms with Crippen molar-refractivity contribution < 1.29 is 4.79 Å². The van der Waals surface area contributed by atoms with Gasteiger partial charge in [0.2, 0.25) is 11.0 Å². The van der Waals surface area contributed by atoms with Crippen molar-refractivity contribution in [1.29, 1.82) is 0 Å². The zero-order chi connectivity index (χ0) is 18.6. The van der Waals surface area contributed by atoms with E-state index in [9.17, 15) is 4.79 Å². The SMILES string of the molecule is Nc1nnc(SCC2CC(=O)NC(N3CCN(c4ccccc4)CC3)N2)s1. The van der Waals surface area contributed by atoms with E-state index in [1.165, 1.54) is 17.0 Å². The van der Waals surface area contributed by atoms with Crippen LogP contribution in [0, 0.1) is 0 Å². The lowest BCUT2D eigenvalue weighted by atomic mass is 10.1. The number of aromatic nitrogens is 2. The number of hydrogen-bond donors (Lipinski definition) is 3. The predicted molar refractivity (Wildman–Crippen MR) is 109 cm³/mol. The van der Waals surface area contributed by atoms with Gasteiger partial charge in [0.05, 0.1) is 0 Å². The molecule has 0 radical (unpaired) electrons. The highest BCUT2D eigenvalue weighted by molar-refractivity contribution is 8.01. The molecule has 0 spiro atoms. The van der Waals surface area contributed by atoms with Gasteiger partial charge in [0.25, 0.3) is 0 Å². The van der Waals surface area contributed by atoms with Gasteiger partial charge in [-0.15, -0.1) is 10.2 Å². The number of carbonyl (C=O) groups excluding carboxylic acids is 1. The van der Waals surface area contributed by atoms with Crippen LogP contribution >= 0.6 is 23.1 Å². The second-order valence-corrected chi connectivity index (χ2v) is 8.89. The maximum Gasteiger partial charge on any atom is 0.223 e. The molecular weight excluding hydrogens is 382 g/mol. The molecule has 1 aromatic carbocycles. The molecule has 2 aromatic rings. The fraction of sp³-hybridized carbons (Fsp3) is 0.471. The van der Waals surface area contributed by atoms with Crippen LogP contribution in [0.15, 0.2) is 34.7 Å². The number of rotatable bonds is 5. The fourth-order valence-corrected chi connectivity index (χ4v) is 5.09. The Hall–Kier alpha value is -1.88. The molecule has 2 saturated heterocycles. The Bertz CT molecular complexity index is 764. The van der Waals surface area contributed by atoms with E-state index in [2.05, 4.69) is 54.9 Å². The largest absolute Gasteiger partial charge is 0.374 e. The number of nitrogen functional groups attached to an aromatic ring is 1. The molecule has 0 saturated carbocycles. The van der Waals surface area contributed by atoms with Crippen LogP contribution < -0.4 is 21.3 Å². The minimum Gasteiger partial charge on any atom is -0.374 e. The molecule has 2 aliphatic rings. The average molecular weight is 406 g/mol. The van der Waals surface area contributed by atoms with Crippen LogP contribution in [-0.4, -0.2) is 65.3 Å². The third kappa shape index (κ3) is 4.70. The van der Waals surface area contributed by atoms with Crippen LogP contribution in [0.2, 0.25) is 0 Å². The van der Waals surface area contributed by atoms with Crippen molar-refractivity contribution in [2.24, 2.45) is 0 Å². The third-order valence-corrected chi connectivity index (χ3v) is 6.80. The molecular formula is C17H23N7OS2. The second-order valence-electron chi connectivity index (χ2n) is 6.61. The monoisotopic (exact) mass is 405 g/mol. The Morgan fingerprint density at radius 3 is 2.67 bits per heavy atom. The lowest BCUT2D eigenvalue weighted by Gasteiger charge is -2.43. The van der Waals surface area contributed by atoms with E-state index >= 15 is 0 Å². The highest BCUT2D eigenvalue weighted by Crippen LogP contribution is 2.25. The molecule has 4 N–H and O–H groups in total. The summed E-state index contributed by atoms with van der Waals surface area (Å²) in [6.07, 6.45) is 0.358. The molecule has 0 bridgehead atoms. The molecule has 1 aromatic heterocycles. The molecule has 27 heavy (non-hydrogen) atoms. The van der Waals surface area contributed by atoms with Crippen LogP contribution in [0.4, 0.5) is 10.8 Å². The second kappa shape index (κ2) is 8.42. The first-order valence-electron chi connectivity index (χ1n) is 8.98. The van der Waals surface area contributed by atoms with E-state index in [-0.39, 0.29) is 18.2 Å². The van der Waals surface area contributed by atoms with Gasteiger partial charge in [0.1, 0.15) is 6.29 Å². The van der Waals surface area contributed by atoms with Gasteiger partial charge in [-0.2, -0.15) is 0 Å². The van der Waals surface area contributed by atoms with Gasteiger partial charge in [0, 0.05) is 50.1 Å². The molecule has 2 atom stereocenters. The van der Waals surface area contributed by atoms with Crippen molar-refractivity contribution in [1.82, 2.24) is 25.7 Å². The van der Waals surface area contributed by atoms with Crippen molar-refractivity contribution in [2.45, 2.75) is 23.1 Å². The number of piperazine rings is 1. The summed E-state index contributed by atoms with van der Waals surface area (Å²) in [4.78, 5) is 16.9. The Kier molecular flexibility index (Phi) is 5.77. The number of amides is 1. The minimum atomic E-state index is -0.116. The lowest BCUT2D eigenvalue weighted by molar-refractivity contribution is -0.126. The van der Waals surface area contributed by atoms with E-state index in [1.807, 2.05) is 6.07 Å². The van der Waals surface area contributed by atoms with Crippen molar-refractivity contribution >= 4 is 39.8 Å². The maximum absolute atomic E-state index is 12.2. The zero-order valence-corrected chi connectivity index (χ0v) is 16.5. The summed E-state index contributed by atoms with van der Waals surface area (Å²) in [5.41, 5.74) is 6.88. The van der Waals surface area contributed by atoms with Gasteiger partial charge in [-0.25, -0.2) is 0 Å². The maximum atomic E-state index is 12.2. The Morgan fingerprint density at radius 1 is 1.19 bits per heavy atom. The molecule has 3 heterocycles. The number of anilines is 2. The Balaban J connectivity index is 1.30. The summed E-state index contributed by atoms with van der Waals surface area (Å²) in [6, 6.07) is 10.6. The van der Waals surface area contributed by atoms with Gasteiger partial charge in [-0.3, -0.25) is 15.0 Å². The number of nitrogens with one attached hydrogen (secondary N) is 2. The van der Waals surface area contributed by atoms with Crippen molar-refractivity contribution in [2.75, 3.05) is 42.6 Å². The quantitative estimate of drug-likeness (QED) is 0.628. The smallest absolute Gasteiger partial charge is 0.223 e. The van der Waals surface area contributed by atoms with Crippen LogP contribution in [-0.2, 0) is 4.79 Å². The first-order chi connectivity index (χ1) is 13.2. The number of para-hydroxylation sites is 1. The van der Waals surface area contributed by atoms with Crippen LogP contribution in [0.1, 0.15) is 6.42 Å². The first kappa shape index (κ1) is 18.5. The topological polar surface area (TPSA) is 99.4 Å². The summed E-state index contributed by atoms with van der Waals surface area (Å²) in [5, 5.41) is 15.0. The standard InChI is InChI=1S/C17H23N7OS2/c18-15-21-22-17(27-15)26-11-12-10-14(25)20-16(19-12)24-8-6-23(7-9-24)13-4-2-1-3-5-13/h1-5,12,16,19H,6-11H2,(H2,18,21)(H,20,25). The van der Waals surface area contributed by atoms with Crippen LogP contribution in [0.3, 0.4) is 0 Å². The summed E-state index contributed by atoms with van der Waals surface area (Å²) < 4.78 is 0.841. The molecule has 2 unspecified atom stereocenters. The third-order valence-electron chi connectivity index (χ3n) is 4.75. The molecule has 0 aliphatic carbocycles. The highest BCUT2D eigenvalue weighted by Gasteiger charge is 2.31. The number of thioether (sulfide) groups is 1. The highest BCUT2D eigenvalue weighted by atomic mass is 32.2. The number of hydrogen-bond acceptors (Lipinski definition) is 9. The number of nitrogens with two attached hydrogens (primary N) is 1. The minimum absolute atomic E-state index is 0.0895. The van der Waals surface area contributed by atoms with E-state index in [1.54, 1.807) is 11.8 Å². The molecule has 4 rings (SSSR count). The Labute approximate surface area is 166 Å². The molecule has 10 heteroatoms.